The zero-order valence-electron chi connectivity index (χ0n) is 11.1. The highest BCUT2D eigenvalue weighted by molar-refractivity contribution is 5.43. The summed E-state index contributed by atoms with van der Waals surface area (Å²) >= 11 is 0. The average Bonchev–Trinajstić information content (AvgIpc) is 2.33. The second-order valence-corrected chi connectivity index (χ2v) is 5.29. The summed E-state index contributed by atoms with van der Waals surface area (Å²) in [5.74, 6) is 1.82. The van der Waals surface area contributed by atoms with Gasteiger partial charge in [0.15, 0.2) is 0 Å². The average molecular weight is 233 g/mol. The third-order valence-corrected chi connectivity index (χ3v) is 3.96. The van der Waals surface area contributed by atoms with Crippen molar-refractivity contribution in [1.29, 1.82) is 0 Å². The molecule has 2 rings (SSSR count). The normalized spacial score (nSPS) is 26.9. The second kappa shape index (κ2) is 5.05. The highest BCUT2D eigenvalue weighted by Gasteiger charge is 2.25. The highest BCUT2D eigenvalue weighted by Crippen LogP contribution is 2.28. The summed E-state index contributed by atoms with van der Waals surface area (Å²) in [6.07, 6.45) is 4.46. The van der Waals surface area contributed by atoms with Gasteiger partial charge in [-0.2, -0.15) is 0 Å². The van der Waals surface area contributed by atoms with E-state index in [1.54, 1.807) is 0 Å². The lowest BCUT2D eigenvalue weighted by molar-refractivity contribution is 0.361. The number of hydrogen-bond donors (Lipinski definition) is 1. The molecule has 17 heavy (non-hydrogen) atoms. The summed E-state index contributed by atoms with van der Waals surface area (Å²) in [5.41, 5.74) is 7.09. The predicted octanol–water partition coefficient (Wildman–Crippen LogP) is 2.73. The van der Waals surface area contributed by atoms with Crippen LogP contribution < -0.4 is 10.6 Å². The van der Waals surface area contributed by atoms with E-state index >= 15 is 0 Å². The van der Waals surface area contributed by atoms with Gasteiger partial charge in [0.1, 0.15) is 5.82 Å². The maximum atomic E-state index is 5.93. The van der Waals surface area contributed by atoms with Crippen molar-refractivity contribution in [3.63, 3.8) is 0 Å². The number of nitrogens with zero attached hydrogens (tertiary/aromatic N) is 2. The van der Waals surface area contributed by atoms with Crippen molar-refractivity contribution in [2.45, 2.75) is 45.7 Å². The van der Waals surface area contributed by atoms with Gasteiger partial charge in [-0.1, -0.05) is 6.92 Å². The van der Waals surface area contributed by atoms with Crippen LogP contribution in [0.2, 0.25) is 0 Å². The molecule has 1 aromatic rings. The number of hydrogen-bond acceptors (Lipinski definition) is 3. The lowest BCUT2D eigenvalue weighted by Gasteiger charge is -2.39. The monoisotopic (exact) mass is 233 g/mol. The van der Waals surface area contributed by atoms with Gasteiger partial charge in [0, 0.05) is 24.8 Å². The number of anilines is 1. The van der Waals surface area contributed by atoms with Crippen molar-refractivity contribution in [3.8, 4) is 0 Å². The summed E-state index contributed by atoms with van der Waals surface area (Å²) in [5, 5.41) is 0. The van der Waals surface area contributed by atoms with Crippen LogP contribution in [0.3, 0.4) is 0 Å². The van der Waals surface area contributed by atoms with Gasteiger partial charge in [-0.3, -0.25) is 0 Å². The van der Waals surface area contributed by atoms with Gasteiger partial charge in [-0.25, -0.2) is 4.98 Å². The van der Waals surface area contributed by atoms with Crippen LogP contribution in [0, 0.1) is 5.92 Å². The van der Waals surface area contributed by atoms with Crippen LogP contribution in [-0.4, -0.2) is 17.6 Å². The SMILES string of the molecule is CC(N)c1ccnc(N2CCCC(C)C2C)c1. The molecule has 1 aliphatic rings. The van der Waals surface area contributed by atoms with Crippen LogP contribution in [0.15, 0.2) is 18.3 Å². The van der Waals surface area contributed by atoms with Gasteiger partial charge in [0.25, 0.3) is 0 Å². The molecule has 0 aliphatic carbocycles. The third-order valence-electron chi connectivity index (χ3n) is 3.96. The first-order valence-electron chi connectivity index (χ1n) is 6.57. The Morgan fingerprint density at radius 2 is 2.24 bits per heavy atom. The largest absolute Gasteiger partial charge is 0.354 e. The summed E-state index contributed by atoms with van der Waals surface area (Å²) < 4.78 is 0. The molecule has 3 atom stereocenters. The van der Waals surface area contributed by atoms with Crippen LogP contribution >= 0.6 is 0 Å². The molecule has 1 aliphatic heterocycles. The molecule has 94 valence electrons. The molecular formula is C14H23N3. The first-order chi connectivity index (χ1) is 8.09. The lowest BCUT2D eigenvalue weighted by Crippen LogP contribution is -2.42. The fourth-order valence-corrected chi connectivity index (χ4v) is 2.53. The minimum absolute atomic E-state index is 0.0780. The van der Waals surface area contributed by atoms with Crippen molar-refractivity contribution < 1.29 is 0 Å². The van der Waals surface area contributed by atoms with Gasteiger partial charge in [0.2, 0.25) is 0 Å². The molecule has 0 saturated carbocycles. The highest BCUT2D eigenvalue weighted by atomic mass is 15.2. The van der Waals surface area contributed by atoms with Gasteiger partial charge in [0.05, 0.1) is 0 Å². The van der Waals surface area contributed by atoms with E-state index in [1.807, 2.05) is 19.2 Å². The molecule has 3 unspecified atom stereocenters. The predicted molar refractivity (Wildman–Crippen MR) is 72.0 cm³/mol. The van der Waals surface area contributed by atoms with E-state index in [1.165, 1.54) is 18.4 Å². The molecule has 1 aromatic heterocycles. The number of piperidine rings is 1. The topological polar surface area (TPSA) is 42.1 Å². The molecule has 2 heterocycles. The maximum Gasteiger partial charge on any atom is 0.129 e. The Morgan fingerprint density at radius 3 is 2.94 bits per heavy atom. The van der Waals surface area contributed by atoms with Crippen molar-refractivity contribution in [2.75, 3.05) is 11.4 Å². The van der Waals surface area contributed by atoms with Crippen molar-refractivity contribution in [2.24, 2.45) is 11.7 Å². The van der Waals surface area contributed by atoms with E-state index in [0.29, 0.717) is 6.04 Å². The van der Waals surface area contributed by atoms with E-state index in [9.17, 15) is 0 Å². The van der Waals surface area contributed by atoms with Crippen LogP contribution in [-0.2, 0) is 0 Å². The van der Waals surface area contributed by atoms with Gasteiger partial charge >= 0.3 is 0 Å². The number of aromatic nitrogens is 1. The van der Waals surface area contributed by atoms with E-state index in [2.05, 4.69) is 29.8 Å². The number of rotatable bonds is 2. The lowest BCUT2D eigenvalue weighted by atomic mass is 9.92. The molecule has 1 fully saturated rings. The molecule has 0 spiro atoms. The molecule has 0 aromatic carbocycles. The van der Waals surface area contributed by atoms with Gasteiger partial charge < -0.3 is 10.6 Å². The van der Waals surface area contributed by atoms with Crippen LogP contribution in [0.4, 0.5) is 5.82 Å². The zero-order chi connectivity index (χ0) is 12.4. The molecular weight excluding hydrogens is 210 g/mol. The molecule has 3 nitrogen and oxygen atoms in total. The number of pyridine rings is 1. The maximum absolute atomic E-state index is 5.93. The van der Waals surface area contributed by atoms with Crippen LogP contribution in [0.5, 0.6) is 0 Å². The Kier molecular flexibility index (Phi) is 3.67. The van der Waals surface area contributed by atoms with E-state index in [4.69, 9.17) is 5.73 Å². The third kappa shape index (κ3) is 2.60. The zero-order valence-corrected chi connectivity index (χ0v) is 11.1. The van der Waals surface area contributed by atoms with Crippen molar-refractivity contribution in [1.82, 2.24) is 4.98 Å². The van der Waals surface area contributed by atoms with Crippen molar-refractivity contribution >= 4 is 5.82 Å². The van der Waals surface area contributed by atoms with Gasteiger partial charge in [-0.05, 0) is 50.3 Å². The van der Waals surface area contributed by atoms with Crippen LogP contribution in [0.25, 0.3) is 0 Å². The van der Waals surface area contributed by atoms with E-state index in [0.717, 1.165) is 18.3 Å². The fourth-order valence-electron chi connectivity index (χ4n) is 2.53. The summed E-state index contributed by atoms with van der Waals surface area (Å²) in [4.78, 5) is 6.92. The van der Waals surface area contributed by atoms with Crippen LogP contribution in [0.1, 0.15) is 45.2 Å². The molecule has 2 N–H and O–H groups in total. The minimum Gasteiger partial charge on any atom is -0.354 e. The number of nitrogens with two attached hydrogens (primary N) is 1. The van der Waals surface area contributed by atoms with Gasteiger partial charge in [-0.15, -0.1) is 0 Å². The molecule has 0 radical (unpaired) electrons. The smallest absolute Gasteiger partial charge is 0.129 e. The standard InChI is InChI=1S/C14H23N3/c1-10-5-4-8-17(12(10)3)14-9-13(11(2)15)6-7-16-14/h6-7,9-12H,4-5,8,15H2,1-3H3. The first-order valence-corrected chi connectivity index (χ1v) is 6.57. The fraction of sp³-hybridized carbons (Fsp3) is 0.643. The van der Waals surface area contributed by atoms with E-state index < -0.39 is 0 Å². The Morgan fingerprint density at radius 1 is 1.47 bits per heavy atom. The summed E-state index contributed by atoms with van der Waals surface area (Å²) in [7, 11) is 0. The van der Waals surface area contributed by atoms with E-state index in [-0.39, 0.29) is 6.04 Å². The quantitative estimate of drug-likeness (QED) is 0.854. The summed E-state index contributed by atoms with van der Waals surface area (Å²) in [6, 6.07) is 4.79. The Labute approximate surface area is 104 Å². The molecule has 0 amide bonds. The second-order valence-electron chi connectivity index (χ2n) is 5.29. The minimum atomic E-state index is 0.0780. The Balaban J connectivity index is 2.23. The first kappa shape index (κ1) is 12.4. The Hall–Kier alpha value is -1.09. The molecule has 3 heteroatoms. The molecule has 0 bridgehead atoms. The molecule has 1 saturated heterocycles. The Bertz CT molecular complexity index is 375. The summed E-state index contributed by atoms with van der Waals surface area (Å²) in [6.45, 7) is 7.75. The van der Waals surface area contributed by atoms with Crippen molar-refractivity contribution in [3.05, 3.63) is 23.9 Å².